The number of rotatable bonds is 11. The zero-order chi connectivity index (χ0) is 22.1. The summed E-state index contributed by atoms with van der Waals surface area (Å²) in [6.45, 7) is 3.98. The third-order valence-corrected chi connectivity index (χ3v) is 4.62. The summed E-state index contributed by atoms with van der Waals surface area (Å²) < 4.78 is 15.5. The van der Waals surface area contributed by atoms with E-state index in [2.05, 4.69) is 17.1 Å². The Morgan fingerprint density at radius 2 is 1.77 bits per heavy atom. The highest BCUT2D eigenvalue weighted by Gasteiger charge is 2.32. The molecule has 0 spiro atoms. The van der Waals surface area contributed by atoms with Crippen LogP contribution in [0.4, 0.5) is 11.4 Å². The summed E-state index contributed by atoms with van der Waals surface area (Å²) in [7, 11) is 4.00. The molecule has 0 radical (unpaired) electrons. The van der Waals surface area contributed by atoms with Gasteiger partial charge in [0.15, 0.2) is 5.75 Å². The average molecular weight is 417 g/mol. The Labute approximate surface area is 175 Å². The lowest BCUT2D eigenvalue weighted by Gasteiger charge is -2.23. The molecule has 0 atom stereocenters. The third kappa shape index (κ3) is 5.11. The predicted molar refractivity (Wildman–Crippen MR) is 114 cm³/mol. The number of nitrogens with one attached hydrogen (secondary N) is 1. The zero-order valence-electron chi connectivity index (χ0n) is 17.6. The maximum absolute atomic E-state index is 12.7. The van der Waals surface area contributed by atoms with Crippen LogP contribution in [0.1, 0.15) is 23.7 Å². The van der Waals surface area contributed by atoms with Gasteiger partial charge in [-0.2, -0.15) is 0 Å². The minimum Gasteiger partial charge on any atom is -0.493 e. The Bertz CT molecular complexity index is 873. The van der Waals surface area contributed by atoms with Gasteiger partial charge in [-0.15, -0.1) is 0 Å². The van der Waals surface area contributed by atoms with Gasteiger partial charge in [-0.1, -0.05) is 18.2 Å². The van der Waals surface area contributed by atoms with E-state index in [1.807, 2.05) is 30.3 Å². The van der Waals surface area contributed by atoms with Crippen LogP contribution in [0.5, 0.6) is 17.2 Å². The van der Waals surface area contributed by atoms with Crippen molar-refractivity contribution < 1.29 is 23.9 Å². The molecule has 0 saturated heterocycles. The highest BCUT2D eigenvalue weighted by Crippen LogP contribution is 2.46. The number of methoxy groups -OCH3 is 3. The van der Waals surface area contributed by atoms with E-state index in [9.17, 15) is 14.9 Å². The van der Waals surface area contributed by atoms with Gasteiger partial charge in [0, 0.05) is 31.4 Å². The molecule has 0 saturated carbocycles. The number of nitro benzene ring substituents is 1. The van der Waals surface area contributed by atoms with E-state index in [4.69, 9.17) is 14.2 Å². The van der Waals surface area contributed by atoms with E-state index >= 15 is 0 Å². The van der Waals surface area contributed by atoms with Crippen molar-refractivity contribution in [3.63, 3.8) is 0 Å². The average Bonchev–Trinajstić information content (AvgIpc) is 2.77. The number of carbonyl (C=O) groups excluding carboxylic acids is 1. The highest BCUT2D eigenvalue weighted by atomic mass is 16.6. The first-order valence-corrected chi connectivity index (χ1v) is 9.53. The molecular formula is C21H27N3O6. The molecular weight excluding hydrogens is 390 g/mol. The van der Waals surface area contributed by atoms with Gasteiger partial charge in [0.25, 0.3) is 5.91 Å². The molecule has 2 rings (SSSR count). The molecule has 0 heterocycles. The molecule has 0 aliphatic carbocycles. The lowest BCUT2D eigenvalue weighted by atomic mass is 10.1. The van der Waals surface area contributed by atoms with Crippen LogP contribution in [0.2, 0.25) is 0 Å². The van der Waals surface area contributed by atoms with Crippen LogP contribution in [0.25, 0.3) is 0 Å². The number of carbonyl (C=O) groups is 1. The Balaban J connectivity index is 2.13. The van der Waals surface area contributed by atoms with Crippen molar-refractivity contribution >= 4 is 17.3 Å². The van der Waals surface area contributed by atoms with Crippen LogP contribution in [-0.2, 0) is 0 Å². The molecule has 30 heavy (non-hydrogen) atoms. The minimum absolute atomic E-state index is 0.0599. The zero-order valence-corrected chi connectivity index (χ0v) is 17.6. The smallest absolute Gasteiger partial charge is 0.327 e. The fraction of sp³-hybridized carbons (Fsp3) is 0.381. The van der Waals surface area contributed by atoms with Gasteiger partial charge in [-0.05, 0) is 25.5 Å². The van der Waals surface area contributed by atoms with Crippen LogP contribution in [0.3, 0.4) is 0 Å². The number of benzene rings is 2. The second kappa shape index (κ2) is 10.9. The molecule has 0 aliphatic heterocycles. The molecule has 0 fully saturated rings. The number of para-hydroxylation sites is 1. The van der Waals surface area contributed by atoms with Gasteiger partial charge in [0.05, 0.1) is 26.3 Å². The molecule has 9 heteroatoms. The Morgan fingerprint density at radius 1 is 1.10 bits per heavy atom. The van der Waals surface area contributed by atoms with Crippen molar-refractivity contribution in [2.75, 3.05) is 45.9 Å². The van der Waals surface area contributed by atoms with Crippen molar-refractivity contribution in [2.24, 2.45) is 0 Å². The standard InChI is InChI=1S/C21H27N3O6/c1-5-23(15-10-7-6-8-11-15)13-9-12-22-21(25)16-14-17(28-2)19(29-3)20(30-4)18(16)24(26)27/h6-8,10-11,14H,5,9,12-13H2,1-4H3,(H,22,25). The predicted octanol–water partition coefficient (Wildman–Crippen LogP) is 3.27. The lowest BCUT2D eigenvalue weighted by Crippen LogP contribution is -2.30. The quantitative estimate of drug-likeness (QED) is 0.340. The molecule has 0 aliphatic rings. The van der Waals surface area contributed by atoms with Crippen LogP contribution >= 0.6 is 0 Å². The number of nitro groups is 1. The molecule has 0 unspecified atom stereocenters. The van der Waals surface area contributed by atoms with Gasteiger partial charge in [0.2, 0.25) is 11.5 Å². The van der Waals surface area contributed by atoms with E-state index in [1.54, 1.807) is 0 Å². The summed E-state index contributed by atoms with van der Waals surface area (Å²) in [5.41, 5.74) is 0.489. The van der Waals surface area contributed by atoms with Crippen LogP contribution in [0, 0.1) is 10.1 Å². The largest absolute Gasteiger partial charge is 0.493 e. The summed E-state index contributed by atoms with van der Waals surface area (Å²) in [6.07, 6.45) is 0.673. The van der Waals surface area contributed by atoms with Crippen LogP contribution in [0.15, 0.2) is 36.4 Å². The van der Waals surface area contributed by atoms with Crippen molar-refractivity contribution in [1.29, 1.82) is 0 Å². The van der Waals surface area contributed by atoms with E-state index in [0.29, 0.717) is 13.0 Å². The van der Waals surface area contributed by atoms with Crippen molar-refractivity contribution in [2.45, 2.75) is 13.3 Å². The first-order valence-electron chi connectivity index (χ1n) is 9.53. The fourth-order valence-electron chi connectivity index (χ4n) is 3.17. The number of hydrogen-bond donors (Lipinski definition) is 1. The molecule has 0 aromatic heterocycles. The van der Waals surface area contributed by atoms with E-state index in [0.717, 1.165) is 18.8 Å². The van der Waals surface area contributed by atoms with Gasteiger partial charge in [-0.3, -0.25) is 14.9 Å². The molecule has 162 valence electrons. The molecule has 1 amide bonds. The first kappa shape index (κ1) is 22.8. The fourth-order valence-corrected chi connectivity index (χ4v) is 3.17. The van der Waals surface area contributed by atoms with E-state index < -0.39 is 16.5 Å². The number of amides is 1. The highest BCUT2D eigenvalue weighted by molar-refractivity contribution is 6.00. The van der Waals surface area contributed by atoms with E-state index in [-0.39, 0.29) is 22.8 Å². The summed E-state index contributed by atoms with van der Waals surface area (Å²) in [4.78, 5) is 25.9. The number of hydrogen-bond acceptors (Lipinski definition) is 7. The van der Waals surface area contributed by atoms with Crippen LogP contribution < -0.4 is 24.4 Å². The number of ether oxygens (including phenoxy) is 3. The summed E-state index contributed by atoms with van der Waals surface area (Å²) in [5.74, 6) is -0.506. The minimum atomic E-state index is -0.663. The van der Waals surface area contributed by atoms with E-state index in [1.165, 1.54) is 27.4 Å². The van der Waals surface area contributed by atoms with Gasteiger partial charge in [-0.25, -0.2) is 0 Å². The maximum atomic E-state index is 12.7. The summed E-state index contributed by atoms with van der Waals surface area (Å²) in [6, 6.07) is 11.3. The van der Waals surface area contributed by atoms with Gasteiger partial charge < -0.3 is 24.4 Å². The van der Waals surface area contributed by atoms with Crippen molar-refractivity contribution in [3.05, 3.63) is 52.1 Å². The number of nitrogens with zero attached hydrogens (tertiary/aromatic N) is 2. The summed E-state index contributed by atoms with van der Waals surface area (Å²) in [5, 5.41) is 14.4. The van der Waals surface area contributed by atoms with Crippen molar-refractivity contribution in [1.82, 2.24) is 5.32 Å². The second-order valence-electron chi connectivity index (χ2n) is 6.32. The lowest BCUT2D eigenvalue weighted by molar-refractivity contribution is -0.386. The topological polar surface area (TPSA) is 103 Å². The normalized spacial score (nSPS) is 10.3. The molecule has 2 aromatic carbocycles. The third-order valence-electron chi connectivity index (χ3n) is 4.62. The Kier molecular flexibility index (Phi) is 8.28. The molecule has 0 bridgehead atoms. The second-order valence-corrected chi connectivity index (χ2v) is 6.32. The monoisotopic (exact) mass is 417 g/mol. The van der Waals surface area contributed by atoms with Crippen LogP contribution in [-0.4, -0.2) is 51.8 Å². The first-order chi connectivity index (χ1) is 14.5. The molecule has 1 N–H and O–H groups in total. The molecule has 2 aromatic rings. The number of anilines is 1. The molecule has 9 nitrogen and oxygen atoms in total. The maximum Gasteiger partial charge on any atom is 0.327 e. The SMILES string of the molecule is CCN(CCCNC(=O)c1cc(OC)c(OC)c(OC)c1[N+](=O)[O-])c1ccccc1. The van der Waals surface area contributed by atoms with Gasteiger partial charge in [0.1, 0.15) is 5.56 Å². The summed E-state index contributed by atoms with van der Waals surface area (Å²) >= 11 is 0. The van der Waals surface area contributed by atoms with Crippen molar-refractivity contribution in [3.8, 4) is 17.2 Å². The Morgan fingerprint density at radius 3 is 2.30 bits per heavy atom. The Hall–Kier alpha value is -3.49. The van der Waals surface area contributed by atoms with Gasteiger partial charge >= 0.3 is 5.69 Å².